The summed E-state index contributed by atoms with van der Waals surface area (Å²) in [7, 11) is 0. The number of pyridine rings is 1. The number of aromatic nitrogens is 3. The van der Waals surface area contributed by atoms with Gasteiger partial charge in [-0.15, -0.1) is 0 Å². The van der Waals surface area contributed by atoms with Crippen molar-refractivity contribution in [1.82, 2.24) is 14.0 Å². The highest BCUT2D eigenvalue weighted by Gasteiger charge is 2.16. The molecule has 3 rings (SSSR count). The van der Waals surface area contributed by atoms with Crippen molar-refractivity contribution in [3.8, 4) is 5.82 Å². The molecule has 3 aromatic rings. The van der Waals surface area contributed by atoms with Crippen molar-refractivity contribution in [2.24, 2.45) is 0 Å². The first kappa shape index (κ1) is 10.0. The van der Waals surface area contributed by atoms with Crippen molar-refractivity contribution >= 4 is 5.65 Å². The van der Waals surface area contributed by atoms with Gasteiger partial charge in [0.05, 0.1) is 5.56 Å². The summed E-state index contributed by atoms with van der Waals surface area (Å²) in [6.07, 6.45) is 4.23. The molecule has 0 unspecified atom stereocenters. The van der Waals surface area contributed by atoms with Gasteiger partial charge in [0.15, 0.2) is 0 Å². The number of alkyl halides is 2. The number of imidazole rings is 1. The topological polar surface area (TPSA) is 22.2 Å². The Morgan fingerprint density at radius 3 is 2.65 bits per heavy atom. The van der Waals surface area contributed by atoms with Gasteiger partial charge in [0.1, 0.15) is 11.5 Å². The van der Waals surface area contributed by atoms with Crippen LogP contribution in [0.1, 0.15) is 12.0 Å². The fourth-order valence-electron chi connectivity index (χ4n) is 1.90. The van der Waals surface area contributed by atoms with Crippen LogP contribution in [0.25, 0.3) is 11.5 Å². The molecule has 17 heavy (non-hydrogen) atoms. The maximum absolute atomic E-state index is 12.9. The fraction of sp³-hybridized carbons (Fsp3) is 0.0833. The molecule has 0 bridgehead atoms. The lowest BCUT2D eigenvalue weighted by Gasteiger charge is -2.04. The summed E-state index contributed by atoms with van der Waals surface area (Å²) in [5.41, 5.74) is 0.472. The van der Waals surface area contributed by atoms with Gasteiger partial charge >= 0.3 is 0 Å². The lowest BCUT2D eigenvalue weighted by atomic mass is 10.3. The molecule has 0 aliphatic heterocycles. The Bertz CT molecular complexity index is 640. The van der Waals surface area contributed by atoms with Gasteiger partial charge in [-0.05, 0) is 18.2 Å². The highest BCUT2D eigenvalue weighted by atomic mass is 19.3. The van der Waals surface area contributed by atoms with Crippen LogP contribution in [-0.4, -0.2) is 14.0 Å². The van der Waals surface area contributed by atoms with E-state index in [2.05, 4.69) is 4.98 Å². The average molecular weight is 233 g/mol. The number of fused-ring (bicyclic) bond motifs is 1. The highest BCUT2D eigenvalue weighted by Crippen LogP contribution is 2.26. The van der Waals surface area contributed by atoms with Gasteiger partial charge in [-0.2, -0.15) is 0 Å². The molecule has 3 heterocycles. The van der Waals surface area contributed by atoms with E-state index in [1.165, 1.54) is 6.07 Å². The average Bonchev–Trinajstić information content (AvgIpc) is 2.90. The molecule has 0 aromatic carbocycles. The molecule has 0 aliphatic rings. The van der Waals surface area contributed by atoms with Crippen LogP contribution < -0.4 is 0 Å². The summed E-state index contributed by atoms with van der Waals surface area (Å²) in [6, 6.07) is 6.82. The number of nitrogens with zero attached hydrogens (tertiary/aromatic N) is 3. The van der Waals surface area contributed by atoms with E-state index in [0.717, 1.165) is 0 Å². The van der Waals surface area contributed by atoms with Crippen LogP contribution in [0.2, 0.25) is 0 Å². The van der Waals surface area contributed by atoms with Gasteiger partial charge in [0.25, 0.3) is 6.43 Å². The molecular weight excluding hydrogens is 224 g/mol. The summed E-state index contributed by atoms with van der Waals surface area (Å²) >= 11 is 0. The fourth-order valence-corrected chi connectivity index (χ4v) is 1.90. The molecule has 3 aromatic heterocycles. The Labute approximate surface area is 95.9 Å². The first-order valence-electron chi connectivity index (χ1n) is 5.15. The van der Waals surface area contributed by atoms with E-state index in [0.29, 0.717) is 11.5 Å². The van der Waals surface area contributed by atoms with Gasteiger partial charge in [-0.25, -0.2) is 13.8 Å². The molecule has 0 amide bonds. The lowest BCUT2D eigenvalue weighted by molar-refractivity contribution is 0.153. The molecule has 0 radical (unpaired) electrons. The van der Waals surface area contributed by atoms with Crippen LogP contribution in [0, 0.1) is 0 Å². The van der Waals surface area contributed by atoms with Crippen LogP contribution in [0.3, 0.4) is 0 Å². The summed E-state index contributed by atoms with van der Waals surface area (Å²) in [5, 5.41) is 0. The van der Waals surface area contributed by atoms with Crippen LogP contribution in [0.4, 0.5) is 8.78 Å². The molecular formula is C12H9F2N3. The van der Waals surface area contributed by atoms with E-state index in [1.54, 1.807) is 45.9 Å². The Hall–Kier alpha value is -2.17. The van der Waals surface area contributed by atoms with Gasteiger partial charge in [-0.1, -0.05) is 6.07 Å². The quantitative estimate of drug-likeness (QED) is 0.666. The van der Waals surface area contributed by atoms with Crippen LogP contribution in [0.15, 0.2) is 49.1 Å². The normalized spacial score (nSPS) is 11.5. The van der Waals surface area contributed by atoms with Crippen LogP contribution >= 0.6 is 0 Å². The van der Waals surface area contributed by atoms with Crippen molar-refractivity contribution in [2.75, 3.05) is 0 Å². The first-order valence-corrected chi connectivity index (χ1v) is 5.15. The minimum Gasteiger partial charge on any atom is -0.308 e. The molecule has 0 saturated carbocycles. The maximum Gasteiger partial charge on any atom is 0.267 e. The second-order valence-electron chi connectivity index (χ2n) is 3.66. The zero-order chi connectivity index (χ0) is 11.8. The highest BCUT2D eigenvalue weighted by molar-refractivity contribution is 5.55. The van der Waals surface area contributed by atoms with Gasteiger partial charge in [0, 0.05) is 24.8 Å². The number of halogens is 2. The van der Waals surface area contributed by atoms with Gasteiger partial charge in [-0.3, -0.25) is 4.57 Å². The van der Waals surface area contributed by atoms with Crippen molar-refractivity contribution in [1.29, 1.82) is 0 Å². The third kappa shape index (κ3) is 1.51. The Morgan fingerprint density at radius 2 is 1.94 bits per heavy atom. The molecule has 3 nitrogen and oxygen atoms in total. The molecule has 0 saturated heterocycles. The summed E-state index contributed by atoms with van der Waals surface area (Å²) < 4.78 is 29.0. The zero-order valence-corrected chi connectivity index (χ0v) is 8.79. The minimum absolute atomic E-state index is 0.0145. The third-order valence-electron chi connectivity index (χ3n) is 2.65. The molecule has 0 spiro atoms. The van der Waals surface area contributed by atoms with E-state index in [4.69, 9.17) is 0 Å². The Morgan fingerprint density at radius 1 is 1.06 bits per heavy atom. The van der Waals surface area contributed by atoms with E-state index in [9.17, 15) is 8.78 Å². The third-order valence-corrected chi connectivity index (χ3v) is 2.65. The number of hydrogen-bond acceptors (Lipinski definition) is 1. The predicted octanol–water partition coefficient (Wildman–Crippen LogP) is 3.06. The standard InChI is InChI=1S/C12H9F2N3/c13-11(14)9-4-6-16-7-8-17(12(9)16)10-3-1-2-5-15-10/h1-8,11H. The Kier molecular flexibility index (Phi) is 2.18. The minimum atomic E-state index is -2.49. The largest absolute Gasteiger partial charge is 0.308 e. The second-order valence-corrected chi connectivity index (χ2v) is 3.66. The Balaban J connectivity index is 2.27. The maximum atomic E-state index is 12.9. The summed E-state index contributed by atoms with van der Waals surface area (Å²) in [4.78, 5) is 4.16. The van der Waals surface area contributed by atoms with Gasteiger partial charge < -0.3 is 4.40 Å². The van der Waals surface area contributed by atoms with Gasteiger partial charge in [0.2, 0.25) is 0 Å². The molecule has 5 heteroatoms. The van der Waals surface area contributed by atoms with E-state index >= 15 is 0 Å². The predicted molar refractivity (Wildman–Crippen MR) is 59.5 cm³/mol. The van der Waals surface area contributed by atoms with Crippen molar-refractivity contribution in [3.63, 3.8) is 0 Å². The molecule has 86 valence electrons. The van der Waals surface area contributed by atoms with Crippen molar-refractivity contribution in [3.05, 3.63) is 54.6 Å². The summed E-state index contributed by atoms with van der Waals surface area (Å²) in [6.45, 7) is 0. The zero-order valence-electron chi connectivity index (χ0n) is 8.79. The van der Waals surface area contributed by atoms with Crippen molar-refractivity contribution < 1.29 is 8.78 Å². The van der Waals surface area contributed by atoms with Crippen LogP contribution in [0.5, 0.6) is 0 Å². The first-order chi connectivity index (χ1) is 8.27. The van der Waals surface area contributed by atoms with E-state index in [1.807, 2.05) is 6.07 Å². The van der Waals surface area contributed by atoms with Crippen LogP contribution in [-0.2, 0) is 0 Å². The lowest BCUT2D eigenvalue weighted by Crippen LogP contribution is -1.97. The number of rotatable bonds is 2. The van der Waals surface area contributed by atoms with E-state index < -0.39 is 6.43 Å². The monoisotopic (exact) mass is 233 g/mol. The molecule has 0 N–H and O–H groups in total. The molecule has 0 aliphatic carbocycles. The van der Waals surface area contributed by atoms with E-state index in [-0.39, 0.29) is 5.56 Å². The molecule has 0 atom stereocenters. The SMILES string of the molecule is FC(F)c1ccn2ccn(-c3ccccn3)c12. The molecule has 0 fully saturated rings. The summed E-state index contributed by atoms with van der Waals surface area (Å²) in [5.74, 6) is 0.628. The van der Waals surface area contributed by atoms with Crippen molar-refractivity contribution in [2.45, 2.75) is 6.43 Å². The number of hydrogen-bond donors (Lipinski definition) is 0. The second kappa shape index (κ2) is 3.69. The smallest absolute Gasteiger partial charge is 0.267 e.